The van der Waals surface area contributed by atoms with Gasteiger partial charge in [-0.2, -0.15) is 0 Å². The third-order valence-electron chi connectivity index (χ3n) is 5.56. The van der Waals surface area contributed by atoms with Crippen molar-refractivity contribution >= 4 is 5.97 Å². The Bertz CT molecular complexity index is 916. The SMILES string of the molecule is COc1cc(C[C@H]2C(=O)OC[C@@H]2[C@@H](O)c2ccc3c(c2)OCO3)cc(OC)c1OC. The molecule has 0 bridgehead atoms. The van der Waals surface area contributed by atoms with Gasteiger partial charge in [-0.25, -0.2) is 0 Å². The van der Waals surface area contributed by atoms with Crippen LogP contribution in [0.25, 0.3) is 0 Å². The summed E-state index contributed by atoms with van der Waals surface area (Å²) in [5, 5.41) is 11.0. The number of hydrogen-bond acceptors (Lipinski definition) is 8. The van der Waals surface area contributed by atoms with Crippen LogP contribution in [0.1, 0.15) is 17.2 Å². The molecule has 2 aliphatic heterocycles. The van der Waals surface area contributed by atoms with E-state index in [0.29, 0.717) is 40.7 Å². The molecule has 3 atom stereocenters. The van der Waals surface area contributed by atoms with Crippen LogP contribution in [0.4, 0.5) is 0 Å². The molecule has 2 aromatic carbocycles. The molecular weight excluding hydrogens is 392 g/mol. The first-order valence-electron chi connectivity index (χ1n) is 9.58. The van der Waals surface area contributed by atoms with Crippen molar-refractivity contribution in [3.05, 3.63) is 41.5 Å². The van der Waals surface area contributed by atoms with E-state index in [0.717, 1.165) is 5.56 Å². The minimum atomic E-state index is -0.891. The maximum atomic E-state index is 12.5. The van der Waals surface area contributed by atoms with E-state index in [1.165, 1.54) is 21.3 Å². The molecule has 2 aromatic rings. The van der Waals surface area contributed by atoms with Gasteiger partial charge in [-0.3, -0.25) is 4.79 Å². The second-order valence-corrected chi connectivity index (χ2v) is 7.20. The van der Waals surface area contributed by atoms with E-state index >= 15 is 0 Å². The zero-order valence-electron chi connectivity index (χ0n) is 17.0. The predicted octanol–water partition coefficient (Wildman–Crippen LogP) is 2.51. The van der Waals surface area contributed by atoms with Crippen LogP contribution >= 0.6 is 0 Å². The first-order chi connectivity index (χ1) is 14.5. The number of benzene rings is 2. The van der Waals surface area contributed by atoms with Crippen LogP contribution in [-0.4, -0.2) is 45.8 Å². The molecule has 0 radical (unpaired) electrons. The number of aliphatic hydroxyl groups is 1. The van der Waals surface area contributed by atoms with Crippen molar-refractivity contribution < 1.29 is 38.3 Å². The van der Waals surface area contributed by atoms with Gasteiger partial charge in [0.25, 0.3) is 0 Å². The molecular formula is C22H24O8. The van der Waals surface area contributed by atoms with Crippen LogP contribution in [0.2, 0.25) is 0 Å². The van der Waals surface area contributed by atoms with E-state index in [-0.39, 0.29) is 19.4 Å². The zero-order chi connectivity index (χ0) is 21.3. The normalized spacial score (nSPS) is 20.6. The van der Waals surface area contributed by atoms with Crippen molar-refractivity contribution in [2.45, 2.75) is 12.5 Å². The summed E-state index contributed by atoms with van der Waals surface area (Å²) in [5.41, 5.74) is 1.47. The molecule has 4 rings (SSSR count). The number of fused-ring (bicyclic) bond motifs is 1. The third-order valence-corrected chi connectivity index (χ3v) is 5.56. The van der Waals surface area contributed by atoms with Crippen LogP contribution in [0, 0.1) is 11.8 Å². The number of carbonyl (C=O) groups is 1. The minimum Gasteiger partial charge on any atom is -0.493 e. The number of rotatable bonds is 7. The third kappa shape index (κ3) is 3.59. The minimum absolute atomic E-state index is 0.142. The Kier molecular flexibility index (Phi) is 5.59. The van der Waals surface area contributed by atoms with Crippen LogP contribution in [0.5, 0.6) is 28.7 Å². The van der Waals surface area contributed by atoms with E-state index in [2.05, 4.69) is 0 Å². The van der Waals surface area contributed by atoms with Crippen molar-refractivity contribution in [3.8, 4) is 28.7 Å². The lowest BCUT2D eigenvalue weighted by Crippen LogP contribution is -2.24. The van der Waals surface area contributed by atoms with Crippen molar-refractivity contribution in [2.75, 3.05) is 34.7 Å². The predicted molar refractivity (Wildman–Crippen MR) is 105 cm³/mol. The fraction of sp³-hybridized carbons (Fsp3) is 0.409. The number of hydrogen-bond donors (Lipinski definition) is 1. The Morgan fingerprint density at radius 1 is 1.00 bits per heavy atom. The average Bonchev–Trinajstić information content (AvgIpc) is 3.38. The Labute approximate surface area is 174 Å². The summed E-state index contributed by atoms with van der Waals surface area (Å²) < 4.78 is 32.2. The molecule has 0 amide bonds. The van der Waals surface area contributed by atoms with E-state index in [1.807, 2.05) is 0 Å². The van der Waals surface area contributed by atoms with Gasteiger partial charge in [0.05, 0.1) is 40.0 Å². The molecule has 1 saturated heterocycles. The molecule has 0 spiro atoms. The average molecular weight is 416 g/mol. The van der Waals surface area contributed by atoms with Gasteiger partial charge in [0.2, 0.25) is 12.5 Å². The molecule has 1 N–H and O–H groups in total. The van der Waals surface area contributed by atoms with Gasteiger partial charge in [-0.05, 0) is 41.8 Å². The van der Waals surface area contributed by atoms with Gasteiger partial charge in [-0.1, -0.05) is 6.07 Å². The highest BCUT2D eigenvalue weighted by atomic mass is 16.7. The topological polar surface area (TPSA) is 92.7 Å². The molecule has 2 heterocycles. The van der Waals surface area contributed by atoms with Crippen molar-refractivity contribution in [3.63, 3.8) is 0 Å². The smallest absolute Gasteiger partial charge is 0.309 e. The molecule has 0 saturated carbocycles. The summed E-state index contributed by atoms with van der Waals surface area (Å²) in [6.07, 6.45) is -0.528. The highest BCUT2D eigenvalue weighted by molar-refractivity contribution is 5.75. The van der Waals surface area contributed by atoms with Gasteiger partial charge < -0.3 is 33.5 Å². The second kappa shape index (κ2) is 8.31. The molecule has 0 aliphatic carbocycles. The molecule has 1 fully saturated rings. The standard InChI is InChI=1S/C22H24O8/c1-25-18-7-12(8-19(26-2)21(18)27-3)6-14-15(10-28-22(14)24)20(23)13-4-5-16-17(9-13)30-11-29-16/h4-5,7-9,14-15,20,23H,6,10-11H2,1-3H3/t14-,15+,20+/m1/s1. The number of ether oxygens (including phenoxy) is 6. The Morgan fingerprint density at radius 2 is 1.70 bits per heavy atom. The van der Waals surface area contributed by atoms with E-state index in [1.54, 1.807) is 30.3 Å². The number of carbonyl (C=O) groups excluding carboxylic acids is 1. The maximum Gasteiger partial charge on any atom is 0.309 e. The first-order valence-corrected chi connectivity index (χ1v) is 9.58. The monoisotopic (exact) mass is 416 g/mol. The molecule has 0 aromatic heterocycles. The molecule has 0 unspecified atom stereocenters. The summed E-state index contributed by atoms with van der Waals surface area (Å²) in [7, 11) is 4.61. The largest absolute Gasteiger partial charge is 0.493 e. The summed E-state index contributed by atoms with van der Waals surface area (Å²) >= 11 is 0. The Hall–Kier alpha value is -3.13. The van der Waals surface area contributed by atoms with Gasteiger partial charge >= 0.3 is 5.97 Å². The highest BCUT2D eigenvalue weighted by Gasteiger charge is 2.42. The lowest BCUT2D eigenvalue weighted by Gasteiger charge is -2.22. The zero-order valence-corrected chi connectivity index (χ0v) is 17.0. The van der Waals surface area contributed by atoms with Gasteiger partial charge in [0, 0.05) is 5.92 Å². The molecule has 160 valence electrons. The number of aliphatic hydroxyl groups excluding tert-OH is 1. The summed E-state index contributed by atoms with van der Waals surface area (Å²) in [6, 6.07) is 8.88. The van der Waals surface area contributed by atoms with E-state index < -0.39 is 17.9 Å². The first kappa shape index (κ1) is 20.2. The number of cyclic esters (lactones) is 1. The van der Waals surface area contributed by atoms with Gasteiger partial charge in [-0.15, -0.1) is 0 Å². The number of esters is 1. The van der Waals surface area contributed by atoms with Gasteiger partial charge in [0.1, 0.15) is 0 Å². The highest BCUT2D eigenvalue weighted by Crippen LogP contribution is 2.42. The fourth-order valence-electron chi connectivity index (χ4n) is 3.97. The number of methoxy groups -OCH3 is 3. The Morgan fingerprint density at radius 3 is 2.37 bits per heavy atom. The van der Waals surface area contributed by atoms with Crippen LogP contribution in [-0.2, 0) is 16.0 Å². The van der Waals surface area contributed by atoms with Gasteiger partial charge in [0.15, 0.2) is 23.0 Å². The Balaban J connectivity index is 1.59. The van der Waals surface area contributed by atoms with Crippen LogP contribution < -0.4 is 23.7 Å². The van der Waals surface area contributed by atoms with E-state index in [4.69, 9.17) is 28.4 Å². The summed E-state index contributed by atoms with van der Waals surface area (Å²) in [6.45, 7) is 0.299. The van der Waals surface area contributed by atoms with Crippen LogP contribution in [0.15, 0.2) is 30.3 Å². The molecule has 8 nitrogen and oxygen atoms in total. The second-order valence-electron chi connectivity index (χ2n) is 7.20. The molecule has 2 aliphatic rings. The van der Waals surface area contributed by atoms with Crippen LogP contribution in [0.3, 0.4) is 0 Å². The lowest BCUT2D eigenvalue weighted by molar-refractivity contribution is -0.141. The molecule has 30 heavy (non-hydrogen) atoms. The fourth-order valence-corrected chi connectivity index (χ4v) is 3.97. The molecule has 8 heteroatoms. The summed E-state index contributed by atoms with van der Waals surface area (Å²) in [5.74, 6) is 1.45. The quantitative estimate of drug-likeness (QED) is 0.689. The van der Waals surface area contributed by atoms with Crippen molar-refractivity contribution in [2.24, 2.45) is 11.8 Å². The maximum absolute atomic E-state index is 12.5. The van der Waals surface area contributed by atoms with Crippen molar-refractivity contribution in [1.29, 1.82) is 0 Å². The summed E-state index contributed by atoms with van der Waals surface area (Å²) in [4.78, 5) is 12.5. The van der Waals surface area contributed by atoms with E-state index in [9.17, 15) is 9.90 Å². The van der Waals surface area contributed by atoms with Crippen molar-refractivity contribution in [1.82, 2.24) is 0 Å². The lowest BCUT2D eigenvalue weighted by atomic mass is 9.83.